The van der Waals surface area contributed by atoms with Crippen molar-refractivity contribution >= 4 is 18.0 Å². The summed E-state index contributed by atoms with van der Waals surface area (Å²) < 4.78 is 45.3. The average Bonchev–Trinajstić information content (AvgIpc) is 2.82. The monoisotopic (exact) mass is 461 g/mol. The van der Waals surface area contributed by atoms with Gasteiger partial charge >= 0.3 is 17.9 Å². The fraction of sp³-hybridized carbons (Fsp3) is 0.700. The Morgan fingerprint density at radius 3 is 2.06 bits per heavy atom. The number of ether oxygens (including phenoxy) is 3. The smallest absolute Gasteiger partial charge is 0.425 e. The highest BCUT2D eigenvalue weighted by Crippen LogP contribution is 2.46. The summed E-state index contributed by atoms with van der Waals surface area (Å²) in [6.07, 6.45) is -4.58. The highest BCUT2D eigenvalue weighted by Gasteiger charge is 2.57. The van der Waals surface area contributed by atoms with E-state index in [-0.39, 0.29) is 0 Å². The molecule has 1 fully saturated rings. The van der Waals surface area contributed by atoms with E-state index in [4.69, 9.17) is 14.2 Å². The van der Waals surface area contributed by atoms with Crippen molar-refractivity contribution in [2.45, 2.75) is 77.9 Å². The summed E-state index contributed by atoms with van der Waals surface area (Å²) in [7, 11) is 0. The second kappa shape index (κ2) is 8.74. The zero-order chi connectivity index (χ0) is 24.6. The van der Waals surface area contributed by atoms with E-state index >= 15 is 0 Å². The highest BCUT2D eigenvalue weighted by molar-refractivity contribution is 6.08. The summed E-state index contributed by atoms with van der Waals surface area (Å²) in [6.45, 7) is 9.97. The van der Waals surface area contributed by atoms with Gasteiger partial charge in [0.2, 0.25) is 6.23 Å². The van der Waals surface area contributed by atoms with Crippen LogP contribution in [0.5, 0.6) is 0 Å². The molecule has 1 aliphatic heterocycles. The van der Waals surface area contributed by atoms with E-state index in [1.54, 1.807) is 41.5 Å². The SMILES string of the molecule is C[C@@H]1[C@@H](CO)O[C@@H](n2ccc(N(C(=O)OC(C)(C)C)C(=O)OC(C)(C)C)nc2=O)C1(F)F. The first-order chi connectivity index (χ1) is 14.5. The molecule has 0 aromatic carbocycles. The van der Waals surface area contributed by atoms with Gasteiger partial charge < -0.3 is 19.3 Å². The number of aliphatic hydroxyl groups is 1. The molecule has 1 aromatic rings. The molecule has 12 heteroatoms. The van der Waals surface area contributed by atoms with Gasteiger partial charge in [0, 0.05) is 6.20 Å². The van der Waals surface area contributed by atoms with E-state index in [1.807, 2.05) is 0 Å². The van der Waals surface area contributed by atoms with E-state index in [9.17, 15) is 28.3 Å². The lowest BCUT2D eigenvalue weighted by Gasteiger charge is -2.28. The van der Waals surface area contributed by atoms with Crippen molar-refractivity contribution in [3.05, 3.63) is 22.7 Å². The molecule has 2 heterocycles. The number of hydrogen-bond acceptors (Lipinski definition) is 8. The van der Waals surface area contributed by atoms with Crippen LogP contribution in [0, 0.1) is 5.92 Å². The molecule has 1 saturated heterocycles. The van der Waals surface area contributed by atoms with Crippen LogP contribution >= 0.6 is 0 Å². The maximum Gasteiger partial charge on any atom is 0.425 e. The molecule has 32 heavy (non-hydrogen) atoms. The number of aromatic nitrogens is 2. The van der Waals surface area contributed by atoms with Gasteiger partial charge in [0.25, 0.3) is 5.92 Å². The van der Waals surface area contributed by atoms with Crippen LogP contribution in [0.2, 0.25) is 0 Å². The quantitative estimate of drug-likeness (QED) is 0.729. The number of anilines is 1. The summed E-state index contributed by atoms with van der Waals surface area (Å²) >= 11 is 0. The third-order valence-corrected chi connectivity index (χ3v) is 4.43. The highest BCUT2D eigenvalue weighted by atomic mass is 19.3. The molecule has 0 radical (unpaired) electrons. The Balaban J connectivity index is 2.46. The molecule has 2 amide bonds. The van der Waals surface area contributed by atoms with Crippen molar-refractivity contribution < 1.29 is 37.7 Å². The first kappa shape index (κ1) is 25.7. The summed E-state index contributed by atoms with van der Waals surface area (Å²) in [5.74, 6) is -5.30. The molecule has 2 rings (SSSR count). The molecule has 1 N–H and O–H groups in total. The minimum atomic E-state index is -3.48. The zero-order valence-corrected chi connectivity index (χ0v) is 19.1. The number of carbonyl (C=O) groups is 2. The van der Waals surface area contributed by atoms with Crippen LogP contribution in [0.25, 0.3) is 0 Å². The third kappa shape index (κ3) is 5.60. The van der Waals surface area contributed by atoms with Crippen LogP contribution < -0.4 is 10.6 Å². The number of rotatable bonds is 3. The van der Waals surface area contributed by atoms with Crippen molar-refractivity contribution in [3.63, 3.8) is 0 Å². The number of amides is 2. The molecule has 3 atom stereocenters. The fourth-order valence-corrected chi connectivity index (χ4v) is 2.88. The number of imide groups is 1. The van der Waals surface area contributed by atoms with E-state index in [1.165, 1.54) is 6.92 Å². The average molecular weight is 461 g/mol. The lowest BCUT2D eigenvalue weighted by Crippen LogP contribution is -2.45. The van der Waals surface area contributed by atoms with Gasteiger partial charge in [-0.25, -0.2) is 23.2 Å². The standard InChI is InChI=1S/C20H29F2N3O7/c1-11-12(10-26)30-14(20(11,21)22)24-9-8-13(23-15(24)27)25(16(28)31-18(2,3)4)17(29)32-19(5,6)7/h8-9,11-12,14,26H,10H2,1-7H3/t11-,12-,14-/m1/s1. The molecule has 0 bridgehead atoms. The van der Waals surface area contributed by atoms with Crippen LogP contribution in [-0.4, -0.2) is 56.7 Å². The van der Waals surface area contributed by atoms with Gasteiger partial charge in [-0.2, -0.15) is 9.88 Å². The molecular weight excluding hydrogens is 432 g/mol. The lowest BCUT2D eigenvalue weighted by molar-refractivity contribution is -0.126. The van der Waals surface area contributed by atoms with E-state index in [0.29, 0.717) is 9.47 Å². The van der Waals surface area contributed by atoms with Crippen LogP contribution in [0.4, 0.5) is 24.2 Å². The van der Waals surface area contributed by atoms with Crippen molar-refractivity contribution in [1.82, 2.24) is 9.55 Å². The Morgan fingerprint density at radius 1 is 1.19 bits per heavy atom. The topological polar surface area (TPSA) is 120 Å². The first-order valence-electron chi connectivity index (χ1n) is 9.97. The normalized spacial score (nSPS) is 23.0. The molecule has 0 saturated carbocycles. The third-order valence-electron chi connectivity index (χ3n) is 4.43. The molecule has 1 aromatic heterocycles. The second-order valence-corrected chi connectivity index (χ2v) is 9.44. The zero-order valence-electron chi connectivity index (χ0n) is 19.1. The summed E-state index contributed by atoms with van der Waals surface area (Å²) in [5, 5.41) is 9.26. The van der Waals surface area contributed by atoms with E-state index in [0.717, 1.165) is 12.3 Å². The molecule has 1 aliphatic rings. The number of aliphatic hydroxyl groups excluding tert-OH is 1. The van der Waals surface area contributed by atoms with Gasteiger partial charge in [0.15, 0.2) is 5.82 Å². The summed E-state index contributed by atoms with van der Waals surface area (Å²) in [4.78, 5) is 41.9. The Hall–Kier alpha value is -2.60. The first-order valence-corrected chi connectivity index (χ1v) is 9.97. The van der Waals surface area contributed by atoms with Crippen molar-refractivity contribution in [2.24, 2.45) is 5.92 Å². The van der Waals surface area contributed by atoms with Crippen molar-refractivity contribution in [2.75, 3.05) is 11.5 Å². The number of halogens is 2. The molecule has 10 nitrogen and oxygen atoms in total. The maximum absolute atomic E-state index is 14.6. The minimum Gasteiger partial charge on any atom is -0.443 e. The Morgan fingerprint density at radius 2 is 1.69 bits per heavy atom. The van der Waals surface area contributed by atoms with Gasteiger partial charge in [-0.05, 0) is 47.6 Å². The predicted octanol–water partition coefficient (Wildman–Crippen LogP) is 3.08. The van der Waals surface area contributed by atoms with Crippen LogP contribution in [0.15, 0.2) is 17.1 Å². The van der Waals surface area contributed by atoms with Gasteiger partial charge in [0.05, 0.1) is 18.6 Å². The Labute approximate surface area is 184 Å². The number of hydrogen-bond donors (Lipinski definition) is 1. The van der Waals surface area contributed by atoms with Crippen LogP contribution in [-0.2, 0) is 14.2 Å². The minimum absolute atomic E-state index is 0.412. The largest absolute Gasteiger partial charge is 0.443 e. The summed E-state index contributed by atoms with van der Waals surface area (Å²) in [5.41, 5.74) is -3.17. The number of nitrogens with zero attached hydrogens (tertiary/aromatic N) is 3. The Bertz CT molecular complexity index is 893. The lowest BCUT2D eigenvalue weighted by atomic mass is 10.00. The van der Waals surface area contributed by atoms with Crippen molar-refractivity contribution in [1.29, 1.82) is 0 Å². The van der Waals surface area contributed by atoms with Gasteiger partial charge in [0.1, 0.15) is 11.2 Å². The molecule has 0 aliphatic carbocycles. The van der Waals surface area contributed by atoms with Gasteiger partial charge in [-0.15, -0.1) is 0 Å². The molecular formula is C20H29F2N3O7. The maximum atomic E-state index is 14.6. The van der Waals surface area contributed by atoms with Gasteiger partial charge in [-0.3, -0.25) is 4.57 Å². The van der Waals surface area contributed by atoms with E-state index < -0.39 is 65.7 Å². The fourth-order valence-electron chi connectivity index (χ4n) is 2.88. The number of alkyl halides is 2. The second-order valence-electron chi connectivity index (χ2n) is 9.44. The molecule has 0 spiro atoms. The van der Waals surface area contributed by atoms with E-state index in [2.05, 4.69) is 4.98 Å². The van der Waals surface area contributed by atoms with Crippen LogP contribution in [0.1, 0.15) is 54.7 Å². The summed E-state index contributed by atoms with van der Waals surface area (Å²) in [6, 6.07) is 1.02. The predicted molar refractivity (Wildman–Crippen MR) is 109 cm³/mol. The molecule has 0 unspecified atom stereocenters. The van der Waals surface area contributed by atoms with Crippen molar-refractivity contribution in [3.8, 4) is 0 Å². The van der Waals surface area contributed by atoms with Gasteiger partial charge in [-0.1, -0.05) is 6.92 Å². The Kier molecular flexibility index (Phi) is 7.01. The van der Waals surface area contributed by atoms with Crippen LogP contribution in [0.3, 0.4) is 0 Å². The molecule has 180 valence electrons. The number of carbonyl (C=O) groups excluding carboxylic acids is 2.